The Morgan fingerprint density at radius 1 is 0.850 bits per heavy atom. The summed E-state index contributed by atoms with van der Waals surface area (Å²) in [4.78, 5) is 0. The summed E-state index contributed by atoms with van der Waals surface area (Å²) in [5.41, 5.74) is 1.20. The van der Waals surface area contributed by atoms with Gasteiger partial charge >= 0.3 is 0 Å². The molecule has 0 rings (SSSR count). The van der Waals surface area contributed by atoms with Crippen LogP contribution >= 0.6 is 0 Å². The SMILES string of the molecule is [CH]=C/C(C)=C/CCC(C)CCCC(C)CCCC(C)C. The molecular formula is C20H37. The Labute approximate surface area is 128 Å². The summed E-state index contributed by atoms with van der Waals surface area (Å²) in [6.07, 6.45) is 14.8. The first kappa shape index (κ1) is 19.5. The lowest BCUT2D eigenvalue weighted by atomic mass is 9.92. The van der Waals surface area contributed by atoms with Gasteiger partial charge < -0.3 is 0 Å². The van der Waals surface area contributed by atoms with Crippen molar-refractivity contribution in [3.63, 3.8) is 0 Å². The molecule has 0 saturated heterocycles. The van der Waals surface area contributed by atoms with Gasteiger partial charge in [-0.1, -0.05) is 90.5 Å². The fraction of sp³-hybridized carbons (Fsp3) is 0.800. The van der Waals surface area contributed by atoms with E-state index in [1.54, 1.807) is 6.08 Å². The molecule has 0 heteroatoms. The van der Waals surface area contributed by atoms with Crippen LogP contribution in [0.3, 0.4) is 0 Å². The zero-order chi connectivity index (χ0) is 15.4. The van der Waals surface area contributed by atoms with Crippen LogP contribution in [0.2, 0.25) is 0 Å². The van der Waals surface area contributed by atoms with Gasteiger partial charge in [0, 0.05) is 0 Å². The van der Waals surface area contributed by atoms with Crippen LogP contribution in [0.4, 0.5) is 0 Å². The smallest absolute Gasteiger partial charge is 0.0342 e. The maximum absolute atomic E-state index is 5.47. The first-order chi connectivity index (χ1) is 9.45. The highest BCUT2D eigenvalue weighted by Crippen LogP contribution is 2.21. The molecule has 0 nitrogen and oxygen atoms in total. The van der Waals surface area contributed by atoms with E-state index in [0.717, 1.165) is 17.8 Å². The van der Waals surface area contributed by atoms with Gasteiger partial charge in [0.2, 0.25) is 0 Å². The molecule has 1 radical (unpaired) electrons. The molecule has 0 bridgehead atoms. The normalized spacial score (nSPS) is 15.4. The lowest BCUT2D eigenvalue weighted by Gasteiger charge is -2.14. The Morgan fingerprint density at radius 2 is 1.35 bits per heavy atom. The van der Waals surface area contributed by atoms with E-state index in [-0.39, 0.29) is 0 Å². The summed E-state index contributed by atoms with van der Waals surface area (Å²) in [6, 6.07) is 0. The maximum Gasteiger partial charge on any atom is -0.0342 e. The van der Waals surface area contributed by atoms with Gasteiger partial charge in [0.1, 0.15) is 0 Å². The standard InChI is InChI=1S/C20H37/c1-7-18(4)12-9-14-20(6)16-10-15-19(5)13-8-11-17(2)3/h1,7,12,17,19-20H,8-11,13-16H2,2-6H3/b7-1?,18-12+. The molecule has 0 aromatic rings. The van der Waals surface area contributed by atoms with E-state index in [1.807, 2.05) is 0 Å². The van der Waals surface area contributed by atoms with Crippen molar-refractivity contribution in [3.8, 4) is 0 Å². The van der Waals surface area contributed by atoms with Crippen LogP contribution in [0.15, 0.2) is 17.7 Å². The van der Waals surface area contributed by atoms with Crippen molar-refractivity contribution in [2.24, 2.45) is 17.8 Å². The highest BCUT2D eigenvalue weighted by Gasteiger charge is 2.06. The molecule has 0 fully saturated rings. The minimum absolute atomic E-state index is 0.847. The average Bonchev–Trinajstić information content (AvgIpc) is 2.38. The van der Waals surface area contributed by atoms with Gasteiger partial charge in [0.15, 0.2) is 0 Å². The summed E-state index contributed by atoms with van der Waals surface area (Å²) in [5, 5.41) is 0. The third-order valence-corrected chi connectivity index (χ3v) is 4.26. The third kappa shape index (κ3) is 12.5. The molecule has 0 aliphatic carbocycles. The summed E-state index contributed by atoms with van der Waals surface area (Å²) in [5.74, 6) is 2.62. The molecule has 0 aromatic carbocycles. The first-order valence-electron chi connectivity index (χ1n) is 8.67. The largest absolute Gasteiger partial charge is 0.0816 e. The fourth-order valence-electron chi connectivity index (χ4n) is 2.64. The van der Waals surface area contributed by atoms with E-state index < -0.39 is 0 Å². The second-order valence-corrected chi connectivity index (χ2v) is 7.16. The number of rotatable bonds is 12. The van der Waals surface area contributed by atoms with E-state index >= 15 is 0 Å². The molecule has 0 aliphatic rings. The maximum atomic E-state index is 5.47. The second-order valence-electron chi connectivity index (χ2n) is 7.16. The van der Waals surface area contributed by atoms with Gasteiger partial charge in [0.25, 0.3) is 0 Å². The highest BCUT2D eigenvalue weighted by atomic mass is 14.1. The molecule has 0 spiro atoms. The molecule has 117 valence electrons. The topological polar surface area (TPSA) is 0 Å². The van der Waals surface area contributed by atoms with E-state index in [9.17, 15) is 0 Å². The van der Waals surface area contributed by atoms with Crippen molar-refractivity contribution in [2.75, 3.05) is 0 Å². The molecular weight excluding hydrogens is 240 g/mol. The van der Waals surface area contributed by atoms with Gasteiger partial charge in [0.05, 0.1) is 0 Å². The van der Waals surface area contributed by atoms with E-state index in [2.05, 4.69) is 40.7 Å². The van der Waals surface area contributed by atoms with E-state index in [4.69, 9.17) is 6.58 Å². The molecule has 0 aromatic heterocycles. The van der Waals surface area contributed by atoms with Gasteiger partial charge in [-0.3, -0.25) is 0 Å². The molecule has 0 saturated carbocycles. The minimum Gasteiger partial charge on any atom is -0.0816 e. The number of hydrogen-bond donors (Lipinski definition) is 0. The fourth-order valence-corrected chi connectivity index (χ4v) is 2.64. The molecule has 0 N–H and O–H groups in total. The second kappa shape index (κ2) is 12.2. The highest BCUT2D eigenvalue weighted by molar-refractivity contribution is 5.11. The molecule has 2 atom stereocenters. The van der Waals surface area contributed by atoms with Gasteiger partial charge in [-0.15, -0.1) is 0 Å². The Hall–Kier alpha value is -0.520. The summed E-state index contributed by atoms with van der Waals surface area (Å²) in [7, 11) is 0. The Morgan fingerprint density at radius 3 is 1.85 bits per heavy atom. The van der Waals surface area contributed by atoms with Crippen LogP contribution < -0.4 is 0 Å². The van der Waals surface area contributed by atoms with Crippen LogP contribution in [-0.2, 0) is 0 Å². The quantitative estimate of drug-likeness (QED) is 0.338. The summed E-state index contributed by atoms with van der Waals surface area (Å²) in [6.45, 7) is 17.0. The zero-order valence-corrected chi connectivity index (χ0v) is 14.6. The lowest BCUT2D eigenvalue weighted by molar-refractivity contribution is 0.393. The number of allylic oxidation sites excluding steroid dienone is 3. The average molecular weight is 278 g/mol. The molecule has 0 aliphatic heterocycles. The van der Waals surface area contributed by atoms with Gasteiger partial charge in [-0.2, -0.15) is 0 Å². The van der Waals surface area contributed by atoms with Crippen molar-refractivity contribution < 1.29 is 0 Å². The van der Waals surface area contributed by atoms with Crippen LogP contribution in [0.25, 0.3) is 0 Å². The lowest BCUT2D eigenvalue weighted by Crippen LogP contribution is -2.00. The summed E-state index contributed by atoms with van der Waals surface area (Å²) < 4.78 is 0. The molecule has 0 amide bonds. The molecule has 0 heterocycles. The number of hydrogen-bond acceptors (Lipinski definition) is 0. The van der Waals surface area contributed by atoms with Crippen molar-refractivity contribution in [1.82, 2.24) is 0 Å². The van der Waals surface area contributed by atoms with Gasteiger partial charge in [-0.05, 0) is 37.5 Å². The van der Waals surface area contributed by atoms with Crippen LogP contribution in [0.1, 0.15) is 86.0 Å². The van der Waals surface area contributed by atoms with Crippen LogP contribution in [-0.4, -0.2) is 0 Å². The predicted octanol–water partition coefficient (Wildman–Crippen LogP) is 6.97. The van der Waals surface area contributed by atoms with Crippen LogP contribution in [0, 0.1) is 24.3 Å². The van der Waals surface area contributed by atoms with Crippen molar-refractivity contribution in [3.05, 3.63) is 24.3 Å². The first-order valence-corrected chi connectivity index (χ1v) is 8.67. The predicted molar refractivity (Wildman–Crippen MR) is 92.7 cm³/mol. The minimum atomic E-state index is 0.847. The van der Waals surface area contributed by atoms with Crippen molar-refractivity contribution in [1.29, 1.82) is 0 Å². The Bertz CT molecular complexity index is 259. The van der Waals surface area contributed by atoms with Crippen molar-refractivity contribution in [2.45, 2.75) is 86.0 Å². The van der Waals surface area contributed by atoms with Crippen LogP contribution in [0.5, 0.6) is 0 Å². The zero-order valence-electron chi connectivity index (χ0n) is 14.6. The monoisotopic (exact) mass is 277 g/mol. The van der Waals surface area contributed by atoms with Crippen molar-refractivity contribution >= 4 is 0 Å². The Kier molecular flexibility index (Phi) is 11.9. The van der Waals surface area contributed by atoms with E-state index in [1.165, 1.54) is 56.9 Å². The molecule has 20 heavy (non-hydrogen) atoms. The Balaban J connectivity index is 3.55. The third-order valence-electron chi connectivity index (χ3n) is 4.26. The molecule has 2 unspecified atom stereocenters. The van der Waals surface area contributed by atoms with Gasteiger partial charge in [-0.25, -0.2) is 0 Å². The van der Waals surface area contributed by atoms with E-state index in [0.29, 0.717) is 0 Å². The summed E-state index contributed by atoms with van der Waals surface area (Å²) >= 11 is 0.